The summed E-state index contributed by atoms with van der Waals surface area (Å²) in [6.07, 6.45) is 0.928. The van der Waals surface area contributed by atoms with Crippen molar-refractivity contribution in [3.05, 3.63) is 17.0 Å². The lowest BCUT2D eigenvalue weighted by molar-refractivity contribution is 0.0617. The second kappa shape index (κ2) is 6.15. The number of nitrogens with one attached hydrogen (secondary N) is 2. The molecule has 1 amide bonds. The summed E-state index contributed by atoms with van der Waals surface area (Å²) in [7, 11) is 0. The van der Waals surface area contributed by atoms with E-state index < -0.39 is 0 Å². The lowest BCUT2D eigenvalue weighted by atomic mass is 10.1. The van der Waals surface area contributed by atoms with Crippen molar-refractivity contribution in [2.45, 2.75) is 26.8 Å². The van der Waals surface area contributed by atoms with Gasteiger partial charge in [-0.15, -0.1) is 0 Å². The van der Waals surface area contributed by atoms with Gasteiger partial charge in [-0.05, 0) is 5.92 Å². The molecule has 6 nitrogen and oxygen atoms in total. The third-order valence-electron chi connectivity index (χ3n) is 4.29. The Morgan fingerprint density at radius 3 is 2.76 bits per heavy atom. The van der Waals surface area contributed by atoms with Crippen molar-refractivity contribution in [3.8, 4) is 0 Å². The van der Waals surface area contributed by atoms with Gasteiger partial charge >= 0.3 is 0 Å². The molecule has 2 aliphatic rings. The lowest BCUT2D eigenvalue weighted by Crippen LogP contribution is -2.49. The van der Waals surface area contributed by atoms with Gasteiger partial charge in [-0.3, -0.25) is 14.8 Å². The summed E-state index contributed by atoms with van der Waals surface area (Å²) >= 11 is 0. The number of hydrogen-bond acceptors (Lipinski definition) is 4. The Morgan fingerprint density at radius 1 is 1.29 bits per heavy atom. The molecule has 0 unspecified atom stereocenters. The van der Waals surface area contributed by atoms with Crippen LogP contribution in [0.1, 0.15) is 35.6 Å². The fraction of sp³-hybridized carbons (Fsp3) is 0.733. The fourth-order valence-corrected chi connectivity index (χ4v) is 3.20. The zero-order valence-corrected chi connectivity index (χ0v) is 13.0. The van der Waals surface area contributed by atoms with E-state index >= 15 is 0 Å². The normalized spacial score (nSPS) is 19.9. The molecule has 2 aliphatic heterocycles. The average Bonchev–Trinajstić information content (AvgIpc) is 2.90. The fourth-order valence-electron chi connectivity index (χ4n) is 3.20. The first-order valence-corrected chi connectivity index (χ1v) is 7.93. The van der Waals surface area contributed by atoms with Gasteiger partial charge in [0.15, 0.2) is 5.69 Å². The van der Waals surface area contributed by atoms with Crippen molar-refractivity contribution in [2.24, 2.45) is 5.92 Å². The first kappa shape index (κ1) is 14.5. The van der Waals surface area contributed by atoms with Crippen LogP contribution < -0.4 is 5.32 Å². The number of amides is 1. The van der Waals surface area contributed by atoms with Crippen LogP contribution in [0.3, 0.4) is 0 Å². The molecule has 1 aromatic heterocycles. The van der Waals surface area contributed by atoms with Crippen molar-refractivity contribution in [3.63, 3.8) is 0 Å². The van der Waals surface area contributed by atoms with Gasteiger partial charge < -0.3 is 10.2 Å². The molecule has 1 fully saturated rings. The molecule has 0 spiro atoms. The quantitative estimate of drug-likeness (QED) is 0.850. The molecule has 0 atom stereocenters. The molecule has 1 aromatic rings. The first-order valence-electron chi connectivity index (χ1n) is 7.93. The van der Waals surface area contributed by atoms with Crippen LogP contribution in [0.4, 0.5) is 0 Å². The van der Waals surface area contributed by atoms with Crippen molar-refractivity contribution in [1.29, 1.82) is 0 Å². The van der Waals surface area contributed by atoms with Gasteiger partial charge in [-0.25, -0.2) is 0 Å². The van der Waals surface area contributed by atoms with Gasteiger partial charge in [0, 0.05) is 63.5 Å². The van der Waals surface area contributed by atoms with Crippen LogP contribution in [0.15, 0.2) is 0 Å². The van der Waals surface area contributed by atoms with Crippen LogP contribution in [-0.2, 0) is 13.0 Å². The second-order valence-corrected chi connectivity index (χ2v) is 6.44. The maximum absolute atomic E-state index is 12.7. The molecular weight excluding hydrogens is 266 g/mol. The molecule has 0 saturated carbocycles. The largest absolute Gasteiger partial charge is 0.335 e. The third kappa shape index (κ3) is 3.11. The molecule has 0 radical (unpaired) electrons. The minimum Gasteiger partial charge on any atom is -0.335 e. The van der Waals surface area contributed by atoms with Crippen molar-refractivity contribution >= 4 is 5.91 Å². The number of nitrogens with zero attached hydrogens (tertiary/aromatic N) is 3. The topological polar surface area (TPSA) is 64.3 Å². The van der Waals surface area contributed by atoms with E-state index in [0.29, 0.717) is 11.6 Å². The number of aromatic nitrogens is 2. The number of carbonyl (C=O) groups excluding carboxylic acids is 1. The van der Waals surface area contributed by atoms with Gasteiger partial charge in [0.25, 0.3) is 5.91 Å². The smallest absolute Gasteiger partial charge is 0.274 e. The number of fused-ring (bicyclic) bond motifs is 1. The van der Waals surface area contributed by atoms with Gasteiger partial charge in [0.2, 0.25) is 0 Å². The molecule has 116 valence electrons. The summed E-state index contributed by atoms with van der Waals surface area (Å²) in [6, 6.07) is 0. The Bertz CT molecular complexity index is 502. The second-order valence-electron chi connectivity index (χ2n) is 6.44. The molecule has 2 N–H and O–H groups in total. The Morgan fingerprint density at radius 2 is 2.05 bits per heavy atom. The summed E-state index contributed by atoms with van der Waals surface area (Å²) in [5.74, 6) is 0.761. The highest BCUT2D eigenvalue weighted by molar-refractivity contribution is 5.94. The summed E-state index contributed by atoms with van der Waals surface area (Å²) in [5.41, 5.74) is 2.81. The van der Waals surface area contributed by atoms with Gasteiger partial charge in [-0.2, -0.15) is 5.10 Å². The number of rotatable bonds is 3. The van der Waals surface area contributed by atoms with E-state index in [0.717, 1.165) is 63.5 Å². The average molecular weight is 291 g/mol. The van der Waals surface area contributed by atoms with E-state index in [4.69, 9.17) is 0 Å². The number of H-pyrrole nitrogens is 1. The van der Waals surface area contributed by atoms with Crippen LogP contribution in [0.25, 0.3) is 0 Å². The summed E-state index contributed by atoms with van der Waals surface area (Å²) in [4.78, 5) is 17.0. The molecule has 1 saturated heterocycles. The van der Waals surface area contributed by atoms with E-state index in [-0.39, 0.29) is 5.91 Å². The summed E-state index contributed by atoms with van der Waals surface area (Å²) in [6.45, 7) is 10.8. The van der Waals surface area contributed by atoms with E-state index in [9.17, 15) is 4.79 Å². The molecule has 0 aromatic carbocycles. The summed E-state index contributed by atoms with van der Waals surface area (Å²) < 4.78 is 0. The monoisotopic (exact) mass is 291 g/mol. The summed E-state index contributed by atoms with van der Waals surface area (Å²) in [5, 5.41) is 10.6. The minimum atomic E-state index is 0.0837. The Hall–Kier alpha value is -1.40. The van der Waals surface area contributed by atoms with Crippen molar-refractivity contribution < 1.29 is 4.79 Å². The van der Waals surface area contributed by atoms with Gasteiger partial charge in [0.05, 0.1) is 0 Å². The van der Waals surface area contributed by atoms with Crippen LogP contribution in [0.5, 0.6) is 0 Å². The Balaban J connectivity index is 1.63. The van der Waals surface area contributed by atoms with Crippen molar-refractivity contribution in [2.75, 3.05) is 39.3 Å². The van der Waals surface area contributed by atoms with E-state index in [1.165, 1.54) is 0 Å². The maximum atomic E-state index is 12.7. The van der Waals surface area contributed by atoms with Crippen LogP contribution in [0.2, 0.25) is 0 Å². The predicted molar refractivity (Wildman–Crippen MR) is 81.2 cm³/mol. The zero-order valence-electron chi connectivity index (χ0n) is 13.0. The lowest BCUT2D eigenvalue weighted by Gasteiger charge is -2.35. The number of carbonyl (C=O) groups is 1. The molecular formula is C15H25N5O. The van der Waals surface area contributed by atoms with Crippen LogP contribution in [0, 0.1) is 5.92 Å². The molecule has 0 bridgehead atoms. The number of aromatic amines is 1. The molecule has 6 heteroatoms. The Kier molecular flexibility index (Phi) is 4.26. The zero-order chi connectivity index (χ0) is 14.8. The highest BCUT2D eigenvalue weighted by Gasteiger charge is 2.27. The molecule has 3 rings (SSSR count). The maximum Gasteiger partial charge on any atom is 0.274 e. The van der Waals surface area contributed by atoms with E-state index in [2.05, 4.69) is 34.3 Å². The minimum absolute atomic E-state index is 0.0837. The highest BCUT2D eigenvalue weighted by Crippen LogP contribution is 2.18. The standard InChI is InChI=1S/C15H25N5O/c1-11(2)10-19-5-7-20(8-6-19)15(21)14-12-9-16-4-3-13(12)17-18-14/h11,16H,3-10H2,1-2H3,(H,17,18). The molecule has 0 aliphatic carbocycles. The first-order chi connectivity index (χ1) is 10.1. The van der Waals surface area contributed by atoms with Crippen molar-refractivity contribution in [1.82, 2.24) is 25.3 Å². The molecule has 21 heavy (non-hydrogen) atoms. The predicted octanol–water partition coefficient (Wildman–Crippen LogP) is 0.469. The number of hydrogen-bond donors (Lipinski definition) is 2. The van der Waals surface area contributed by atoms with Gasteiger partial charge in [-0.1, -0.05) is 13.8 Å². The van der Waals surface area contributed by atoms with E-state index in [1.54, 1.807) is 0 Å². The highest BCUT2D eigenvalue weighted by atomic mass is 16.2. The SMILES string of the molecule is CC(C)CN1CCN(C(=O)c2n[nH]c3c2CNCC3)CC1. The van der Waals surface area contributed by atoms with Crippen LogP contribution >= 0.6 is 0 Å². The van der Waals surface area contributed by atoms with Gasteiger partial charge in [0.1, 0.15) is 0 Å². The third-order valence-corrected chi connectivity index (χ3v) is 4.29. The van der Waals surface area contributed by atoms with Crippen LogP contribution in [-0.4, -0.2) is 65.2 Å². The number of piperazine rings is 1. The Labute approximate surface area is 125 Å². The van der Waals surface area contributed by atoms with E-state index in [1.807, 2.05) is 4.90 Å². The molecule has 3 heterocycles.